The molecule has 1 aromatic heterocycles. The van der Waals surface area contributed by atoms with Gasteiger partial charge in [0.05, 0.1) is 16.4 Å². The summed E-state index contributed by atoms with van der Waals surface area (Å²) in [6.45, 7) is 4.30. The van der Waals surface area contributed by atoms with Gasteiger partial charge in [0.2, 0.25) is 0 Å². The number of pyridine rings is 1. The molecule has 23 heavy (non-hydrogen) atoms. The Morgan fingerprint density at radius 2 is 2.04 bits per heavy atom. The van der Waals surface area contributed by atoms with Crippen molar-refractivity contribution in [2.75, 3.05) is 11.1 Å². The summed E-state index contributed by atoms with van der Waals surface area (Å²) in [5, 5.41) is 4.31. The smallest absolute Gasteiger partial charge is 0.125 e. The van der Waals surface area contributed by atoms with Crippen molar-refractivity contribution in [3.8, 4) is 0 Å². The van der Waals surface area contributed by atoms with Crippen LogP contribution in [0.3, 0.4) is 0 Å². The van der Waals surface area contributed by atoms with Crippen LogP contribution in [0.25, 0.3) is 0 Å². The number of unbranched alkanes of at least 4 members (excludes halogenated alkanes) is 3. The quantitative estimate of drug-likeness (QED) is 0.493. The average molecular weight is 336 g/mol. The van der Waals surface area contributed by atoms with Gasteiger partial charge >= 0.3 is 0 Å². The Morgan fingerprint density at radius 3 is 2.70 bits per heavy atom. The Labute approximate surface area is 145 Å². The third kappa shape index (κ3) is 5.42. The fourth-order valence-corrected chi connectivity index (χ4v) is 3.49. The van der Waals surface area contributed by atoms with Gasteiger partial charge in [-0.3, -0.25) is 0 Å². The Morgan fingerprint density at radius 1 is 1.30 bits per heavy atom. The van der Waals surface area contributed by atoms with Crippen LogP contribution in [0.2, 0.25) is 5.02 Å². The highest BCUT2D eigenvalue weighted by Gasteiger charge is 2.18. The van der Waals surface area contributed by atoms with E-state index in [1.165, 1.54) is 51.4 Å². The van der Waals surface area contributed by atoms with Gasteiger partial charge in [0.25, 0.3) is 0 Å². The number of nitrogens with zero attached hydrogens (tertiary/aromatic N) is 1. The molecule has 3 nitrogen and oxygen atoms in total. The monoisotopic (exact) mass is 335 g/mol. The van der Waals surface area contributed by atoms with Gasteiger partial charge < -0.3 is 11.1 Å². The van der Waals surface area contributed by atoms with Crippen molar-refractivity contribution >= 4 is 23.1 Å². The highest BCUT2D eigenvalue weighted by Crippen LogP contribution is 2.31. The maximum Gasteiger partial charge on any atom is 0.125 e. The molecule has 4 heteroatoms. The lowest BCUT2D eigenvalue weighted by Crippen LogP contribution is -2.23. The van der Waals surface area contributed by atoms with Crippen LogP contribution in [-0.2, 0) is 6.42 Å². The molecule has 2 rings (SSSR count). The molecule has 0 spiro atoms. The number of halogens is 1. The molecule has 0 aromatic carbocycles. The number of hydrogen-bond donors (Lipinski definition) is 2. The number of nitrogens with two attached hydrogens (primary N) is 1. The molecule has 1 heterocycles. The van der Waals surface area contributed by atoms with Crippen molar-refractivity contribution < 1.29 is 0 Å². The summed E-state index contributed by atoms with van der Waals surface area (Å²) in [6, 6.07) is 2.34. The first-order valence-corrected chi connectivity index (χ1v) is 9.41. The third-order valence-electron chi connectivity index (χ3n) is 4.61. The number of anilines is 2. The molecule has 0 aliphatic heterocycles. The van der Waals surface area contributed by atoms with E-state index in [9.17, 15) is 0 Å². The van der Waals surface area contributed by atoms with E-state index < -0.39 is 0 Å². The van der Waals surface area contributed by atoms with Gasteiger partial charge in [-0.2, -0.15) is 0 Å². The zero-order valence-corrected chi connectivity index (χ0v) is 15.3. The average Bonchev–Trinajstić information content (AvgIpc) is 2.56. The summed E-state index contributed by atoms with van der Waals surface area (Å²) in [7, 11) is 0. The molecule has 0 bridgehead atoms. The normalized spacial score (nSPS) is 18.0. The van der Waals surface area contributed by atoms with Crippen LogP contribution in [-0.4, -0.2) is 11.0 Å². The molecular formula is C19H30ClN3. The van der Waals surface area contributed by atoms with Gasteiger partial charge in [-0.05, 0) is 44.9 Å². The maximum absolute atomic E-state index is 6.44. The minimum atomic E-state index is 0.479. The van der Waals surface area contributed by atoms with Crippen LogP contribution in [0.1, 0.15) is 70.9 Å². The molecule has 1 saturated carbocycles. The summed E-state index contributed by atoms with van der Waals surface area (Å²) in [4.78, 5) is 4.30. The van der Waals surface area contributed by atoms with Crippen molar-refractivity contribution in [1.82, 2.24) is 4.98 Å². The zero-order valence-electron chi connectivity index (χ0n) is 14.5. The molecule has 0 saturated heterocycles. The Kier molecular flexibility index (Phi) is 7.22. The lowest BCUT2D eigenvalue weighted by molar-refractivity contribution is 0.537. The summed E-state index contributed by atoms with van der Waals surface area (Å²) in [5.74, 6) is 0.543. The van der Waals surface area contributed by atoms with Gasteiger partial charge in [0, 0.05) is 12.1 Å². The van der Waals surface area contributed by atoms with Crippen LogP contribution in [0.5, 0.6) is 0 Å². The van der Waals surface area contributed by atoms with E-state index >= 15 is 0 Å². The standard InChI is InChI=1S/C19H30ClN3/c1-3-5-6-7-8-14-9-11-15(12-10-14)22-17-13-18(21)23-16(4-2)19(17)20/h8,13,15H,3-7,9-12H2,1-2H3,(H3,21,22,23). The molecule has 0 atom stereocenters. The molecule has 0 radical (unpaired) electrons. The molecule has 128 valence electrons. The van der Waals surface area contributed by atoms with E-state index in [1.807, 2.05) is 13.0 Å². The summed E-state index contributed by atoms with van der Waals surface area (Å²) >= 11 is 6.44. The first-order valence-electron chi connectivity index (χ1n) is 9.03. The van der Waals surface area contributed by atoms with Crippen molar-refractivity contribution in [3.05, 3.63) is 28.4 Å². The zero-order chi connectivity index (χ0) is 16.7. The number of aryl methyl sites for hydroxylation is 1. The topological polar surface area (TPSA) is 50.9 Å². The number of hydrogen-bond acceptors (Lipinski definition) is 3. The molecule has 0 unspecified atom stereocenters. The Bertz CT molecular complexity index is 530. The highest BCUT2D eigenvalue weighted by atomic mass is 35.5. The van der Waals surface area contributed by atoms with E-state index in [0.29, 0.717) is 11.9 Å². The minimum Gasteiger partial charge on any atom is -0.384 e. The Hall–Kier alpha value is -1.22. The maximum atomic E-state index is 6.44. The predicted molar refractivity (Wildman–Crippen MR) is 101 cm³/mol. The second kappa shape index (κ2) is 9.17. The number of aromatic nitrogens is 1. The van der Waals surface area contributed by atoms with Crippen molar-refractivity contribution in [2.45, 2.75) is 77.7 Å². The van der Waals surface area contributed by atoms with Gasteiger partial charge in [0.1, 0.15) is 5.82 Å². The van der Waals surface area contributed by atoms with Crippen molar-refractivity contribution in [1.29, 1.82) is 0 Å². The minimum absolute atomic E-state index is 0.479. The predicted octanol–water partition coefficient (Wildman–Crippen LogP) is 5.74. The van der Waals surface area contributed by atoms with Gasteiger partial charge in [-0.15, -0.1) is 0 Å². The van der Waals surface area contributed by atoms with E-state index in [2.05, 4.69) is 23.3 Å². The molecule has 1 aromatic rings. The van der Waals surface area contributed by atoms with Crippen LogP contribution in [0, 0.1) is 0 Å². The second-order valence-corrected chi connectivity index (χ2v) is 6.86. The lowest BCUT2D eigenvalue weighted by atomic mass is 9.90. The lowest BCUT2D eigenvalue weighted by Gasteiger charge is -2.26. The Balaban J connectivity index is 1.88. The van der Waals surface area contributed by atoms with E-state index in [0.717, 1.165) is 22.8 Å². The van der Waals surface area contributed by atoms with Crippen LogP contribution < -0.4 is 11.1 Å². The summed E-state index contributed by atoms with van der Waals surface area (Å²) < 4.78 is 0. The van der Waals surface area contributed by atoms with Crippen molar-refractivity contribution in [2.24, 2.45) is 0 Å². The molecule has 3 N–H and O–H groups in total. The molecule has 1 aliphatic rings. The first kappa shape index (κ1) is 18.1. The van der Waals surface area contributed by atoms with Crippen LogP contribution >= 0.6 is 11.6 Å². The van der Waals surface area contributed by atoms with Crippen molar-refractivity contribution in [3.63, 3.8) is 0 Å². The third-order valence-corrected chi connectivity index (χ3v) is 5.03. The van der Waals surface area contributed by atoms with Gasteiger partial charge in [-0.25, -0.2) is 4.98 Å². The summed E-state index contributed by atoms with van der Waals surface area (Å²) in [6.07, 6.45) is 13.2. The number of allylic oxidation sites excluding steroid dienone is 2. The van der Waals surface area contributed by atoms with Crippen LogP contribution in [0.4, 0.5) is 11.5 Å². The van der Waals surface area contributed by atoms with E-state index in [-0.39, 0.29) is 0 Å². The first-order chi connectivity index (χ1) is 11.1. The van der Waals surface area contributed by atoms with E-state index in [1.54, 1.807) is 5.57 Å². The van der Waals surface area contributed by atoms with Gasteiger partial charge in [-0.1, -0.05) is 49.9 Å². The number of nitrogen functional groups attached to an aromatic ring is 1. The number of nitrogens with one attached hydrogen (secondary N) is 1. The molecule has 1 fully saturated rings. The fraction of sp³-hybridized carbons (Fsp3) is 0.632. The number of rotatable bonds is 7. The van der Waals surface area contributed by atoms with Gasteiger partial charge in [0.15, 0.2) is 0 Å². The van der Waals surface area contributed by atoms with E-state index in [4.69, 9.17) is 17.3 Å². The SMILES string of the molecule is CCCCCC=C1CCC(Nc2cc(N)nc(CC)c2Cl)CC1. The molecule has 1 aliphatic carbocycles. The largest absolute Gasteiger partial charge is 0.384 e. The molecule has 0 amide bonds. The summed E-state index contributed by atoms with van der Waals surface area (Å²) in [5.41, 5.74) is 9.34. The second-order valence-electron chi connectivity index (χ2n) is 6.49. The highest BCUT2D eigenvalue weighted by molar-refractivity contribution is 6.33. The fourth-order valence-electron chi connectivity index (χ4n) is 3.20. The van der Waals surface area contributed by atoms with Crippen LogP contribution in [0.15, 0.2) is 17.7 Å². The molecular weight excluding hydrogens is 306 g/mol.